The quantitative estimate of drug-likeness (QED) is 0.348. The lowest BCUT2D eigenvalue weighted by Gasteiger charge is -2.36. The molecule has 12 heteroatoms. The molecule has 200 valence electrons. The van der Waals surface area contributed by atoms with Gasteiger partial charge in [-0.05, 0) is 25.0 Å². The number of aliphatic hydroxyl groups excluding tert-OH is 1. The number of alkyl halides is 2. The molecule has 0 aliphatic carbocycles. The van der Waals surface area contributed by atoms with Crippen LogP contribution < -0.4 is 0 Å². The molecule has 1 unspecified atom stereocenters. The summed E-state index contributed by atoms with van der Waals surface area (Å²) < 4.78 is 74.6. The molecule has 1 fully saturated rings. The molecule has 4 atom stereocenters. The van der Waals surface area contributed by atoms with Crippen LogP contribution in [-0.4, -0.2) is 60.2 Å². The molecule has 0 saturated carbocycles. The first kappa shape index (κ1) is 28.8. The molecule has 9 nitrogen and oxygen atoms in total. The molecule has 1 aliphatic heterocycles. The van der Waals surface area contributed by atoms with Crippen molar-refractivity contribution in [3.05, 3.63) is 71.8 Å². The van der Waals surface area contributed by atoms with Crippen molar-refractivity contribution in [2.75, 3.05) is 19.8 Å². The Kier molecular flexibility index (Phi) is 10.1. The Bertz CT molecular complexity index is 972. The molecule has 36 heavy (non-hydrogen) atoms. The second-order valence-corrected chi connectivity index (χ2v) is 9.50. The molecule has 0 spiro atoms. The second kappa shape index (κ2) is 12.6. The van der Waals surface area contributed by atoms with E-state index in [4.69, 9.17) is 23.3 Å². The smallest absolute Gasteiger partial charge is 0.394 e. The third kappa shape index (κ3) is 6.74. The molecule has 0 bridgehead atoms. The van der Waals surface area contributed by atoms with Gasteiger partial charge in [0.15, 0.2) is 0 Å². The Morgan fingerprint density at radius 3 is 1.92 bits per heavy atom. The molecular formula is C24H31F2O9P. The number of aliphatic hydroxyl groups is 2. The summed E-state index contributed by atoms with van der Waals surface area (Å²) in [5, 5.41) is 21.1. The Morgan fingerprint density at radius 2 is 1.44 bits per heavy atom. The summed E-state index contributed by atoms with van der Waals surface area (Å²) in [6.07, 6.45) is -9.30. The van der Waals surface area contributed by atoms with E-state index in [1.165, 1.54) is 13.8 Å². The first-order valence-electron chi connectivity index (χ1n) is 11.5. The van der Waals surface area contributed by atoms with Gasteiger partial charge in [-0.3, -0.25) is 9.05 Å². The van der Waals surface area contributed by atoms with Gasteiger partial charge in [-0.15, -0.1) is 0 Å². The average molecular weight is 532 g/mol. The summed E-state index contributed by atoms with van der Waals surface area (Å²) >= 11 is 0. The lowest BCUT2D eigenvalue weighted by atomic mass is 10.0. The van der Waals surface area contributed by atoms with E-state index in [1.807, 2.05) is 0 Å². The normalized spacial score (nSPS) is 24.8. The highest BCUT2D eigenvalue weighted by atomic mass is 31.2. The SMILES string of the molecule is CCOP(=O)(OCC)OC(F)(F)C1(O)O[C@H](CO)[C@@H](OCc2ccccc2)[C@@H]1OCc1ccccc1. The van der Waals surface area contributed by atoms with E-state index >= 15 is 8.78 Å². The monoisotopic (exact) mass is 532 g/mol. The zero-order valence-corrected chi connectivity index (χ0v) is 20.9. The molecule has 2 N–H and O–H groups in total. The molecule has 1 saturated heterocycles. The van der Waals surface area contributed by atoms with Crippen molar-refractivity contribution >= 4 is 7.82 Å². The van der Waals surface area contributed by atoms with Crippen molar-refractivity contribution in [1.29, 1.82) is 0 Å². The van der Waals surface area contributed by atoms with Crippen molar-refractivity contribution in [3.63, 3.8) is 0 Å². The van der Waals surface area contributed by atoms with E-state index in [0.29, 0.717) is 11.1 Å². The summed E-state index contributed by atoms with van der Waals surface area (Å²) in [6.45, 7) is 1.27. The van der Waals surface area contributed by atoms with Crippen molar-refractivity contribution in [2.45, 2.75) is 57.3 Å². The Balaban J connectivity index is 1.92. The average Bonchev–Trinajstić information content (AvgIpc) is 3.15. The Morgan fingerprint density at radius 1 is 0.944 bits per heavy atom. The van der Waals surface area contributed by atoms with Crippen LogP contribution in [0.5, 0.6) is 0 Å². The van der Waals surface area contributed by atoms with E-state index in [-0.39, 0.29) is 26.4 Å². The highest BCUT2D eigenvalue weighted by Crippen LogP contribution is 2.57. The molecular weight excluding hydrogens is 501 g/mol. The fraction of sp³-hybridized carbons (Fsp3) is 0.500. The topological polar surface area (TPSA) is 113 Å². The predicted molar refractivity (Wildman–Crippen MR) is 124 cm³/mol. The minimum absolute atomic E-state index is 0.0462. The maximum Gasteiger partial charge on any atom is 0.479 e. The number of hydrogen-bond donors (Lipinski definition) is 2. The standard InChI is InChI=1S/C24H31F2O9P/c1-3-32-36(29,33-4-2)35-24(25,26)23(28)22(31-17-19-13-9-6-10-14-19)21(20(15-27)34-23)30-16-18-11-7-5-8-12-18/h5-14,20-22,27-28H,3-4,15-17H2,1-2H3/t20-,21-,22+,23?/m1/s1. The first-order chi connectivity index (χ1) is 17.2. The van der Waals surface area contributed by atoms with Crippen LogP contribution in [0.4, 0.5) is 8.78 Å². The van der Waals surface area contributed by atoms with Gasteiger partial charge in [0.25, 0.3) is 5.79 Å². The summed E-state index contributed by atoms with van der Waals surface area (Å²) in [5.74, 6) is -3.51. The van der Waals surface area contributed by atoms with E-state index < -0.39 is 44.6 Å². The van der Waals surface area contributed by atoms with Gasteiger partial charge in [0.1, 0.15) is 18.3 Å². The van der Waals surface area contributed by atoms with Gasteiger partial charge < -0.3 is 24.4 Å². The van der Waals surface area contributed by atoms with Gasteiger partial charge in [0.2, 0.25) is 0 Å². The third-order valence-corrected chi connectivity index (χ3v) is 6.94. The zero-order chi connectivity index (χ0) is 26.2. The van der Waals surface area contributed by atoms with Crippen LogP contribution in [0.3, 0.4) is 0 Å². The summed E-state index contributed by atoms with van der Waals surface area (Å²) in [4.78, 5) is 0. The highest BCUT2D eigenvalue weighted by molar-refractivity contribution is 7.48. The van der Waals surface area contributed by atoms with Gasteiger partial charge in [0, 0.05) is 0 Å². The van der Waals surface area contributed by atoms with Crippen LogP contribution in [0.15, 0.2) is 60.7 Å². The molecule has 0 amide bonds. The number of phosphoric ester groups is 1. The van der Waals surface area contributed by atoms with E-state index in [9.17, 15) is 14.8 Å². The first-order valence-corrected chi connectivity index (χ1v) is 12.9. The summed E-state index contributed by atoms with van der Waals surface area (Å²) in [6, 6.07) is 17.5. The van der Waals surface area contributed by atoms with Gasteiger partial charge in [0.05, 0.1) is 33.0 Å². The molecule has 3 rings (SSSR count). The fourth-order valence-corrected chi connectivity index (χ4v) is 4.92. The number of rotatable bonds is 14. The van der Waals surface area contributed by atoms with Crippen molar-refractivity contribution in [1.82, 2.24) is 0 Å². The van der Waals surface area contributed by atoms with Crippen LogP contribution in [0.2, 0.25) is 0 Å². The summed E-state index contributed by atoms with van der Waals surface area (Å²) in [7, 11) is -4.80. The van der Waals surface area contributed by atoms with Crippen LogP contribution in [0.1, 0.15) is 25.0 Å². The zero-order valence-electron chi connectivity index (χ0n) is 20.0. The van der Waals surface area contributed by atoms with Crippen molar-refractivity contribution in [2.24, 2.45) is 0 Å². The lowest BCUT2D eigenvalue weighted by Crippen LogP contribution is -2.58. The number of benzene rings is 2. The van der Waals surface area contributed by atoms with E-state index in [2.05, 4.69) is 4.52 Å². The molecule has 0 aromatic heterocycles. The van der Waals surface area contributed by atoms with Gasteiger partial charge in [-0.25, -0.2) is 9.09 Å². The Labute approximate surface area is 208 Å². The molecule has 2 aromatic carbocycles. The molecule has 1 aliphatic rings. The largest absolute Gasteiger partial charge is 0.479 e. The molecule has 1 heterocycles. The van der Waals surface area contributed by atoms with Crippen molar-refractivity contribution < 1.29 is 51.3 Å². The second-order valence-electron chi connectivity index (χ2n) is 7.90. The number of phosphoric acid groups is 1. The number of ether oxygens (including phenoxy) is 3. The maximum absolute atomic E-state index is 15.5. The minimum atomic E-state index is -4.80. The molecule has 2 aromatic rings. The Hall–Kier alpha value is -1.79. The maximum atomic E-state index is 15.5. The summed E-state index contributed by atoms with van der Waals surface area (Å²) in [5.41, 5.74) is 1.33. The predicted octanol–water partition coefficient (Wildman–Crippen LogP) is 4.03. The van der Waals surface area contributed by atoms with E-state index in [0.717, 1.165) is 0 Å². The van der Waals surface area contributed by atoms with Gasteiger partial charge in [-0.2, -0.15) is 8.78 Å². The van der Waals surface area contributed by atoms with Crippen LogP contribution in [0, 0.1) is 0 Å². The third-order valence-electron chi connectivity index (χ3n) is 5.34. The van der Waals surface area contributed by atoms with Crippen LogP contribution in [0.25, 0.3) is 0 Å². The van der Waals surface area contributed by atoms with Crippen LogP contribution >= 0.6 is 7.82 Å². The molecule has 0 radical (unpaired) electrons. The van der Waals surface area contributed by atoms with Crippen molar-refractivity contribution in [3.8, 4) is 0 Å². The number of halogens is 2. The highest BCUT2D eigenvalue weighted by Gasteiger charge is 2.71. The number of hydrogen-bond acceptors (Lipinski definition) is 9. The fourth-order valence-electron chi connectivity index (χ4n) is 3.70. The van der Waals surface area contributed by atoms with E-state index in [1.54, 1.807) is 60.7 Å². The minimum Gasteiger partial charge on any atom is -0.394 e. The van der Waals surface area contributed by atoms with Gasteiger partial charge in [-0.1, -0.05) is 60.7 Å². The van der Waals surface area contributed by atoms with Crippen LogP contribution in [-0.2, 0) is 45.6 Å². The lowest BCUT2D eigenvalue weighted by molar-refractivity contribution is -0.402. The van der Waals surface area contributed by atoms with Gasteiger partial charge >= 0.3 is 13.9 Å².